The van der Waals surface area contributed by atoms with Crippen LogP contribution >= 0.6 is 24.0 Å². The van der Waals surface area contributed by atoms with Gasteiger partial charge in [-0.3, -0.25) is 0 Å². The van der Waals surface area contributed by atoms with Gasteiger partial charge in [0.15, 0.2) is 0 Å². The molecule has 0 saturated carbocycles. The molecule has 0 aliphatic carbocycles. The molecule has 0 aromatic heterocycles. The first-order valence-corrected chi connectivity index (χ1v) is 6.82. The van der Waals surface area contributed by atoms with Crippen molar-refractivity contribution in [3.05, 3.63) is 64.7 Å². The first kappa shape index (κ1) is 16.8. The van der Waals surface area contributed by atoms with E-state index in [-0.39, 0.29) is 12.4 Å². The van der Waals surface area contributed by atoms with Gasteiger partial charge in [-0.1, -0.05) is 42.8 Å². The van der Waals surface area contributed by atoms with Crippen molar-refractivity contribution < 1.29 is 4.74 Å². The van der Waals surface area contributed by atoms with Crippen LogP contribution in [0.2, 0.25) is 5.02 Å². The van der Waals surface area contributed by atoms with Gasteiger partial charge in [0.25, 0.3) is 0 Å². The van der Waals surface area contributed by atoms with Crippen molar-refractivity contribution in [2.45, 2.75) is 20.1 Å². The third kappa shape index (κ3) is 5.41. The minimum absolute atomic E-state index is 0. The number of benzene rings is 2. The summed E-state index contributed by atoms with van der Waals surface area (Å²) < 4.78 is 5.78. The first-order valence-electron chi connectivity index (χ1n) is 6.45. The molecule has 0 heterocycles. The number of nitrogens with one attached hydrogen (secondary N) is 1. The zero-order chi connectivity index (χ0) is 13.5. The maximum atomic E-state index is 5.85. The number of halogens is 2. The highest BCUT2D eigenvalue weighted by Crippen LogP contribution is 2.16. The van der Waals surface area contributed by atoms with Crippen LogP contribution in [0.15, 0.2) is 48.5 Å². The third-order valence-corrected chi connectivity index (χ3v) is 3.05. The summed E-state index contributed by atoms with van der Waals surface area (Å²) in [6.45, 7) is 4.49. The van der Waals surface area contributed by atoms with Crippen molar-refractivity contribution in [1.29, 1.82) is 0 Å². The molecule has 0 amide bonds. The topological polar surface area (TPSA) is 21.3 Å². The molecule has 108 valence electrons. The van der Waals surface area contributed by atoms with E-state index >= 15 is 0 Å². The van der Waals surface area contributed by atoms with Crippen LogP contribution < -0.4 is 10.1 Å². The summed E-state index contributed by atoms with van der Waals surface area (Å²) in [4.78, 5) is 0. The molecule has 0 fully saturated rings. The maximum Gasteiger partial charge on any atom is 0.120 e. The van der Waals surface area contributed by atoms with Gasteiger partial charge in [0, 0.05) is 11.6 Å². The van der Waals surface area contributed by atoms with E-state index in [0.717, 1.165) is 29.4 Å². The van der Waals surface area contributed by atoms with Gasteiger partial charge in [-0.15, -0.1) is 12.4 Å². The van der Waals surface area contributed by atoms with Crippen LogP contribution in [0, 0.1) is 0 Å². The summed E-state index contributed by atoms with van der Waals surface area (Å²) in [5, 5.41) is 4.05. The number of rotatable bonds is 6. The summed E-state index contributed by atoms with van der Waals surface area (Å²) in [5.74, 6) is 0.894. The van der Waals surface area contributed by atoms with Crippen LogP contribution in [0.25, 0.3) is 0 Å². The van der Waals surface area contributed by atoms with Gasteiger partial charge in [0.1, 0.15) is 12.4 Å². The Kier molecular flexibility index (Phi) is 7.45. The molecular formula is C16H19Cl2NO. The molecule has 0 aliphatic rings. The summed E-state index contributed by atoms with van der Waals surface area (Å²) in [5.41, 5.74) is 2.34. The van der Waals surface area contributed by atoms with Gasteiger partial charge in [0.05, 0.1) is 0 Å². The first-order chi connectivity index (χ1) is 9.28. The fourth-order valence-corrected chi connectivity index (χ4v) is 1.89. The highest BCUT2D eigenvalue weighted by Gasteiger charge is 1.98. The smallest absolute Gasteiger partial charge is 0.120 e. The van der Waals surface area contributed by atoms with E-state index in [9.17, 15) is 0 Å². The zero-order valence-electron chi connectivity index (χ0n) is 11.4. The van der Waals surface area contributed by atoms with Crippen molar-refractivity contribution in [3.8, 4) is 5.75 Å². The van der Waals surface area contributed by atoms with Gasteiger partial charge < -0.3 is 10.1 Å². The predicted molar refractivity (Wildman–Crippen MR) is 86.9 cm³/mol. The minimum Gasteiger partial charge on any atom is -0.489 e. The van der Waals surface area contributed by atoms with Gasteiger partial charge in [-0.2, -0.15) is 0 Å². The summed E-state index contributed by atoms with van der Waals surface area (Å²) in [6.07, 6.45) is 0. The van der Waals surface area contributed by atoms with Crippen LogP contribution in [0.4, 0.5) is 0 Å². The molecule has 4 heteroatoms. The average Bonchev–Trinajstić information content (AvgIpc) is 2.45. The van der Waals surface area contributed by atoms with E-state index in [2.05, 4.69) is 24.4 Å². The van der Waals surface area contributed by atoms with E-state index < -0.39 is 0 Å². The largest absolute Gasteiger partial charge is 0.489 e. The van der Waals surface area contributed by atoms with Gasteiger partial charge >= 0.3 is 0 Å². The van der Waals surface area contributed by atoms with Crippen molar-refractivity contribution in [3.63, 3.8) is 0 Å². The van der Waals surface area contributed by atoms with Crippen LogP contribution in [-0.2, 0) is 13.2 Å². The molecule has 0 atom stereocenters. The fourth-order valence-electron chi connectivity index (χ4n) is 1.76. The molecule has 0 bridgehead atoms. The van der Waals surface area contributed by atoms with Gasteiger partial charge in [-0.05, 0) is 41.9 Å². The highest BCUT2D eigenvalue weighted by molar-refractivity contribution is 6.30. The Hall–Kier alpha value is -1.22. The summed E-state index contributed by atoms with van der Waals surface area (Å²) in [7, 11) is 0. The molecule has 1 N–H and O–H groups in total. The van der Waals surface area contributed by atoms with Gasteiger partial charge in [-0.25, -0.2) is 0 Å². The SMILES string of the molecule is CCNCc1cccc(OCc2ccc(Cl)cc2)c1.Cl. The van der Waals surface area contributed by atoms with Gasteiger partial charge in [0.2, 0.25) is 0 Å². The lowest BCUT2D eigenvalue weighted by atomic mass is 10.2. The molecule has 20 heavy (non-hydrogen) atoms. The monoisotopic (exact) mass is 311 g/mol. The zero-order valence-corrected chi connectivity index (χ0v) is 13.0. The quantitative estimate of drug-likeness (QED) is 0.851. The fraction of sp³-hybridized carbons (Fsp3) is 0.250. The van der Waals surface area contributed by atoms with E-state index in [1.54, 1.807) is 0 Å². The predicted octanol–water partition coefficient (Wildman–Crippen LogP) is 4.45. The molecule has 2 aromatic rings. The van der Waals surface area contributed by atoms with Crippen LogP contribution in [0.5, 0.6) is 5.75 Å². The lowest BCUT2D eigenvalue weighted by molar-refractivity contribution is 0.306. The second kappa shape index (κ2) is 8.85. The standard InChI is InChI=1S/C16H18ClNO.ClH/c1-2-18-11-14-4-3-5-16(10-14)19-12-13-6-8-15(17)9-7-13;/h3-10,18H,2,11-12H2,1H3;1H. The molecule has 2 aromatic carbocycles. The molecular weight excluding hydrogens is 293 g/mol. The van der Waals surface area contributed by atoms with Crippen LogP contribution in [0.1, 0.15) is 18.1 Å². The Labute approximate surface area is 131 Å². The molecule has 0 spiro atoms. The third-order valence-electron chi connectivity index (χ3n) is 2.80. The maximum absolute atomic E-state index is 5.85. The molecule has 0 aliphatic heterocycles. The van der Waals surface area contributed by atoms with E-state index in [4.69, 9.17) is 16.3 Å². The van der Waals surface area contributed by atoms with Crippen LogP contribution in [0.3, 0.4) is 0 Å². The van der Waals surface area contributed by atoms with Crippen molar-refractivity contribution in [2.24, 2.45) is 0 Å². The van der Waals surface area contributed by atoms with E-state index in [1.807, 2.05) is 36.4 Å². The Balaban J connectivity index is 0.00000200. The number of hydrogen-bond acceptors (Lipinski definition) is 2. The normalized spacial score (nSPS) is 9.90. The number of hydrogen-bond donors (Lipinski definition) is 1. The highest BCUT2D eigenvalue weighted by atomic mass is 35.5. The van der Waals surface area contributed by atoms with E-state index in [1.165, 1.54) is 5.56 Å². The number of ether oxygens (including phenoxy) is 1. The Morgan fingerprint density at radius 1 is 1.05 bits per heavy atom. The summed E-state index contributed by atoms with van der Waals surface area (Å²) >= 11 is 5.85. The Morgan fingerprint density at radius 3 is 2.50 bits per heavy atom. The second-order valence-corrected chi connectivity index (χ2v) is 4.78. The lowest BCUT2D eigenvalue weighted by Gasteiger charge is -2.08. The van der Waals surface area contributed by atoms with E-state index in [0.29, 0.717) is 6.61 Å². The molecule has 0 radical (unpaired) electrons. The average molecular weight is 312 g/mol. The minimum atomic E-state index is 0. The van der Waals surface area contributed by atoms with Crippen molar-refractivity contribution in [1.82, 2.24) is 5.32 Å². The molecule has 0 saturated heterocycles. The van der Waals surface area contributed by atoms with Crippen LogP contribution in [-0.4, -0.2) is 6.54 Å². The molecule has 2 nitrogen and oxygen atoms in total. The summed E-state index contributed by atoms with van der Waals surface area (Å²) in [6, 6.07) is 15.9. The lowest BCUT2D eigenvalue weighted by Crippen LogP contribution is -2.11. The van der Waals surface area contributed by atoms with Crippen molar-refractivity contribution in [2.75, 3.05) is 6.54 Å². The molecule has 0 unspecified atom stereocenters. The molecule has 2 rings (SSSR count). The Bertz CT molecular complexity index is 514. The Morgan fingerprint density at radius 2 is 1.80 bits per heavy atom. The second-order valence-electron chi connectivity index (χ2n) is 4.34. The van der Waals surface area contributed by atoms with Crippen molar-refractivity contribution >= 4 is 24.0 Å².